The molecule has 2 N–H and O–H groups in total. The van der Waals surface area contributed by atoms with Gasteiger partial charge in [0, 0.05) is 19.6 Å². The maximum Gasteiger partial charge on any atom is 0.0902 e. The zero-order chi connectivity index (χ0) is 12.3. The molecule has 0 aromatic heterocycles. The fraction of sp³-hybridized carbons (Fsp3) is 0.917. The molecule has 2 rings (SSSR count). The van der Waals surface area contributed by atoms with Gasteiger partial charge >= 0.3 is 0 Å². The molecule has 98 valence electrons. The molecule has 0 aliphatic carbocycles. The van der Waals surface area contributed by atoms with E-state index in [0.29, 0.717) is 11.1 Å². The number of thiocarbonyl (C=S) groups is 1. The first-order valence-electron chi connectivity index (χ1n) is 6.50. The van der Waals surface area contributed by atoms with E-state index >= 15 is 0 Å². The Bertz CT molecular complexity index is 274. The van der Waals surface area contributed by atoms with Gasteiger partial charge in [0.15, 0.2) is 0 Å². The van der Waals surface area contributed by atoms with Gasteiger partial charge < -0.3 is 15.4 Å². The van der Waals surface area contributed by atoms with E-state index in [-0.39, 0.29) is 6.04 Å². The van der Waals surface area contributed by atoms with Gasteiger partial charge in [-0.1, -0.05) is 18.6 Å². The normalized spacial score (nSPS) is 32.5. The highest BCUT2D eigenvalue weighted by molar-refractivity contribution is 7.80. The maximum absolute atomic E-state index is 5.83. The van der Waals surface area contributed by atoms with Crippen molar-refractivity contribution >= 4 is 17.2 Å². The highest BCUT2D eigenvalue weighted by atomic mass is 32.1. The fourth-order valence-corrected chi connectivity index (χ4v) is 3.04. The number of nitrogens with two attached hydrogens (primary N) is 1. The first-order chi connectivity index (χ1) is 8.16. The third kappa shape index (κ3) is 3.61. The predicted octanol–water partition coefficient (Wildman–Crippen LogP) is 0.458. The van der Waals surface area contributed by atoms with Crippen molar-refractivity contribution in [2.45, 2.75) is 31.4 Å². The Hall–Kier alpha value is -0.230. The van der Waals surface area contributed by atoms with Crippen LogP contribution in [0.1, 0.15) is 19.3 Å². The van der Waals surface area contributed by atoms with Gasteiger partial charge in [0.2, 0.25) is 0 Å². The van der Waals surface area contributed by atoms with Crippen molar-refractivity contribution in [3.8, 4) is 0 Å². The largest absolute Gasteiger partial charge is 0.392 e. The summed E-state index contributed by atoms with van der Waals surface area (Å²) in [6, 6.07) is 0.287. The average molecular weight is 257 g/mol. The number of likely N-dealkylation sites (tertiary alicyclic amines) is 1. The van der Waals surface area contributed by atoms with E-state index in [1.807, 2.05) is 0 Å². The van der Waals surface area contributed by atoms with Crippen LogP contribution in [-0.4, -0.2) is 66.8 Å². The Labute approximate surface area is 109 Å². The van der Waals surface area contributed by atoms with Crippen molar-refractivity contribution in [3.05, 3.63) is 0 Å². The summed E-state index contributed by atoms with van der Waals surface area (Å²) in [6.07, 6.45) is 3.91. The van der Waals surface area contributed by atoms with Crippen molar-refractivity contribution in [2.24, 2.45) is 5.73 Å². The molecule has 0 saturated carbocycles. The molecule has 0 spiro atoms. The van der Waals surface area contributed by atoms with Gasteiger partial charge in [-0.3, -0.25) is 4.90 Å². The highest BCUT2D eigenvalue weighted by Gasteiger charge is 2.28. The van der Waals surface area contributed by atoms with Crippen LogP contribution in [0.25, 0.3) is 0 Å². The Morgan fingerprint density at radius 1 is 1.41 bits per heavy atom. The second-order valence-corrected chi connectivity index (χ2v) is 5.64. The van der Waals surface area contributed by atoms with E-state index in [9.17, 15) is 0 Å². The smallest absolute Gasteiger partial charge is 0.0902 e. The number of hydrogen-bond donors (Lipinski definition) is 1. The van der Waals surface area contributed by atoms with E-state index in [1.165, 1.54) is 12.8 Å². The predicted molar refractivity (Wildman–Crippen MR) is 73.2 cm³/mol. The van der Waals surface area contributed by atoms with Crippen molar-refractivity contribution in [1.82, 2.24) is 9.80 Å². The molecule has 0 amide bonds. The lowest BCUT2D eigenvalue weighted by atomic mass is 10.0. The molecule has 4 nitrogen and oxygen atoms in total. The molecule has 2 aliphatic rings. The van der Waals surface area contributed by atoms with Gasteiger partial charge in [-0.15, -0.1) is 0 Å². The number of likely N-dealkylation sites (N-methyl/N-ethyl adjacent to an activating group) is 1. The third-order valence-electron chi connectivity index (χ3n) is 3.72. The van der Waals surface area contributed by atoms with Gasteiger partial charge in [0.25, 0.3) is 0 Å². The summed E-state index contributed by atoms with van der Waals surface area (Å²) in [6.45, 7) is 4.96. The lowest BCUT2D eigenvalue weighted by molar-refractivity contribution is -0.0407. The Kier molecular flexibility index (Phi) is 4.73. The standard InChI is InChI=1S/C12H23N3OS/c1-14-6-7-16-10(8-14)9-15-5-3-2-4-11(15)12(13)17/h10-11H,2-9H2,1H3,(H2,13,17). The summed E-state index contributed by atoms with van der Waals surface area (Å²) >= 11 is 5.17. The first-order valence-corrected chi connectivity index (χ1v) is 6.91. The number of nitrogens with zero attached hydrogens (tertiary/aromatic N) is 2. The van der Waals surface area contributed by atoms with E-state index in [0.717, 1.165) is 39.2 Å². The number of morpholine rings is 1. The molecule has 2 heterocycles. The summed E-state index contributed by atoms with van der Waals surface area (Å²) in [4.78, 5) is 5.39. The summed E-state index contributed by atoms with van der Waals surface area (Å²) in [7, 11) is 2.15. The topological polar surface area (TPSA) is 41.7 Å². The second-order valence-electron chi connectivity index (χ2n) is 5.16. The molecule has 0 radical (unpaired) electrons. The first kappa shape index (κ1) is 13.2. The van der Waals surface area contributed by atoms with Gasteiger partial charge in [-0.25, -0.2) is 0 Å². The SMILES string of the molecule is CN1CCOC(CN2CCCCC2C(N)=S)C1. The lowest BCUT2D eigenvalue weighted by Crippen LogP contribution is -2.53. The third-order valence-corrected chi connectivity index (χ3v) is 3.99. The molecule has 5 heteroatoms. The number of hydrogen-bond acceptors (Lipinski definition) is 4. The number of piperidine rings is 1. The van der Waals surface area contributed by atoms with Crippen LogP contribution in [0.15, 0.2) is 0 Å². The average Bonchev–Trinajstić information content (AvgIpc) is 2.29. The highest BCUT2D eigenvalue weighted by Crippen LogP contribution is 2.18. The number of rotatable bonds is 3. The second kappa shape index (κ2) is 6.09. The van der Waals surface area contributed by atoms with Crippen LogP contribution < -0.4 is 5.73 Å². The molecule has 2 atom stereocenters. The molecule has 0 bridgehead atoms. The molecule has 0 aromatic carbocycles. The Balaban J connectivity index is 1.89. The fourth-order valence-electron chi connectivity index (χ4n) is 2.77. The molecule has 2 fully saturated rings. The van der Waals surface area contributed by atoms with Crippen LogP contribution in [0.5, 0.6) is 0 Å². The zero-order valence-electron chi connectivity index (χ0n) is 10.6. The van der Waals surface area contributed by atoms with E-state index in [2.05, 4.69) is 16.8 Å². The van der Waals surface area contributed by atoms with E-state index in [1.54, 1.807) is 0 Å². The maximum atomic E-state index is 5.83. The quantitative estimate of drug-likeness (QED) is 0.744. The van der Waals surface area contributed by atoms with E-state index in [4.69, 9.17) is 22.7 Å². The van der Waals surface area contributed by atoms with Crippen LogP contribution in [0.4, 0.5) is 0 Å². The Morgan fingerprint density at radius 3 is 2.94 bits per heavy atom. The van der Waals surface area contributed by atoms with Crippen molar-refractivity contribution in [3.63, 3.8) is 0 Å². The van der Waals surface area contributed by atoms with Gasteiger partial charge in [0.1, 0.15) is 0 Å². The summed E-state index contributed by atoms with van der Waals surface area (Å²) < 4.78 is 5.81. The minimum Gasteiger partial charge on any atom is -0.392 e. The molecular formula is C12H23N3OS. The van der Waals surface area contributed by atoms with Gasteiger partial charge in [0.05, 0.1) is 23.7 Å². The van der Waals surface area contributed by atoms with Crippen LogP contribution in [0.2, 0.25) is 0 Å². The molecule has 2 unspecified atom stereocenters. The molecule has 2 saturated heterocycles. The lowest BCUT2D eigenvalue weighted by Gasteiger charge is -2.39. The molecule has 0 aromatic rings. The zero-order valence-corrected chi connectivity index (χ0v) is 11.4. The minimum atomic E-state index is 0.287. The van der Waals surface area contributed by atoms with Crippen molar-refractivity contribution < 1.29 is 4.74 Å². The van der Waals surface area contributed by atoms with Crippen LogP contribution in [-0.2, 0) is 4.74 Å². The Morgan fingerprint density at radius 2 is 2.24 bits per heavy atom. The van der Waals surface area contributed by atoms with Crippen molar-refractivity contribution in [1.29, 1.82) is 0 Å². The molecule has 17 heavy (non-hydrogen) atoms. The van der Waals surface area contributed by atoms with Crippen LogP contribution in [0, 0.1) is 0 Å². The molecular weight excluding hydrogens is 234 g/mol. The van der Waals surface area contributed by atoms with E-state index < -0.39 is 0 Å². The van der Waals surface area contributed by atoms with Crippen molar-refractivity contribution in [2.75, 3.05) is 39.8 Å². The monoisotopic (exact) mass is 257 g/mol. The van der Waals surface area contributed by atoms with Crippen LogP contribution >= 0.6 is 12.2 Å². The summed E-state index contributed by atoms with van der Waals surface area (Å²) in [5, 5.41) is 0. The van der Waals surface area contributed by atoms with Crippen LogP contribution in [0.3, 0.4) is 0 Å². The van der Waals surface area contributed by atoms with Gasteiger partial charge in [-0.05, 0) is 26.4 Å². The summed E-state index contributed by atoms with van der Waals surface area (Å²) in [5.74, 6) is 0. The summed E-state index contributed by atoms with van der Waals surface area (Å²) in [5.41, 5.74) is 5.83. The number of ether oxygens (including phenoxy) is 1. The molecule has 2 aliphatic heterocycles. The minimum absolute atomic E-state index is 0.287. The van der Waals surface area contributed by atoms with Gasteiger partial charge in [-0.2, -0.15) is 0 Å².